The highest BCUT2D eigenvalue weighted by molar-refractivity contribution is 7.95. The maximum atomic E-state index is 15.3. The van der Waals surface area contributed by atoms with E-state index in [0.717, 1.165) is 16.2 Å². The number of ether oxygens (including phenoxy) is 1. The first-order valence-electron chi connectivity index (χ1n) is 21.1. The van der Waals surface area contributed by atoms with Gasteiger partial charge in [0.1, 0.15) is 17.8 Å². The van der Waals surface area contributed by atoms with Gasteiger partial charge in [-0.15, -0.1) is 0 Å². The van der Waals surface area contributed by atoms with Crippen molar-refractivity contribution in [3.8, 4) is 5.75 Å². The third-order valence-electron chi connectivity index (χ3n) is 11.6. The number of nitrogens with one attached hydrogen (secondary N) is 1. The molecule has 78 heavy (non-hydrogen) atoms. The number of benzene rings is 8. The minimum Gasteiger partial charge on any atom is -0.410 e. The van der Waals surface area contributed by atoms with Crippen LogP contribution in [0.4, 0.5) is 92.6 Å². The average Bonchev–Trinajstić information content (AvgIpc) is 3.56. The molecule has 0 bridgehead atoms. The Morgan fingerprint density at radius 3 is 1.15 bits per heavy atom. The molecule has 408 valence electrons. The van der Waals surface area contributed by atoms with Crippen LogP contribution in [-0.2, 0) is 32.1 Å². The maximum Gasteiger partial charge on any atom is 0.426 e. The second-order valence-electron chi connectivity index (χ2n) is 16.2. The summed E-state index contributed by atoms with van der Waals surface area (Å²) in [7, 11) is -4.05. The van der Waals surface area contributed by atoms with Crippen LogP contribution in [0, 0.1) is 123 Å². The molecule has 1 unspecified atom stereocenters. The van der Waals surface area contributed by atoms with E-state index in [4.69, 9.17) is 4.74 Å². The van der Waals surface area contributed by atoms with Crippen LogP contribution in [0.15, 0.2) is 101 Å². The molecule has 0 fully saturated rings. The van der Waals surface area contributed by atoms with Crippen LogP contribution in [0.5, 0.6) is 5.75 Å². The highest BCUT2D eigenvalue weighted by atomic mass is 32.2. The van der Waals surface area contributed by atoms with Gasteiger partial charge in [-0.2, -0.15) is 0 Å². The van der Waals surface area contributed by atoms with Gasteiger partial charge in [-0.05, 0) is 54.1 Å². The van der Waals surface area contributed by atoms with Crippen molar-refractivity contribution < 1.29 is 106 Å². The number of aryl methyl sites for hydroxylation is 1. The van der Waals surface area contributed by atoms with Crippen LogP contribution in [0.3, 0.4) is 0 Å². The van der Waals surface area contributed by atoms with Crippen molar-refractivity contribution in [3.63, 3.8) is 0 Å². The van der Waals surface area contributed by atoms with Gasteiger partial charge in [-0.1, -0.05) is 60.2 Å². The second-order valence-corrected chi connectivity index (χ2v) is 19.9. The van der Waals surface area contributed by atoms with Gasteiger partial charge in [0.05, 0.1) is 10.3 Å². The Morgan fingerprint density at radius 2 is 0.782 bits per heavy atom. The third-order valence-corrected chi connectivity index (χ3v) is 14.7. The Kier molecular flexibility index (Phi) is 16.3. The zero-order valence-corrected chi connectivity index (χ0v) is 40.0. The van der Waals surface area contributed by atoms with Crippen molar-refractivity contribution in [1.29, 1.82) is 0 Å². The average molecular weight is 1160 g/mol. The first kappa shape index (κ1) is 57.9. The van der Waals surface area contributed by atoms with Crippen molar-refractivity contribution in [1.82, 2.24) is 4.72 Å². The van der Waals surface area contributed by atoms with Crippen LogP contribution in [0.1, 0.15) is 33.4 Å². The van der Waals surface area contributed by atoms with Crippen molar-refractivity contribution in [2.45, 2.75) is 27.9 Å². The number of carbonyl (C=O) groups excluding carboxylic acids is 1. The van der Waals surface area contributed by atoms with Crippen LogP contribution in [0.2, 0.25) is 0 Å². The molecule has 0 saturated heterocycles. The van der Waals surface area contributed by atoms with Gasteiger partial charge in [0.25, 0.3) is 10.0 Å². The third kappa shape index (κ3) is 9.92. The van der Waals surface area contributed by atoms with Crippen molar-refractivity contribution >= 4 is 37.8 Å². The molecule has 27 heteroatoms. The fourth-order valence-corrected chi connectivity index (χ4v) is 10.3. The summed E-state index contributed by atoms with van der Waals surface area (Å²) >= 11 is 0. The minimum absolute atomic E-state index is 0.00357. The van der Waals surface area contributed by atoms with E-state index < -0.39 is 160 Å². The smallest absolute Gasteiger partial charge is 0.410 e. The highest BCUT2D eigenvalue weighted by Gasteiger charge is 2.58. The normalized spacial score (nSPS) is 12.1. The monoisotopic (exact) mass is 1160 g/mol. The van der Waals surface area contributed by atoms with Crippen LogP contribution in [0.25, 0.3) is 10.8 Å². The summed E-state index contributed by atoms with van der Waals surface area (Å²) in [5.74, 6) is -70.6. The van der Waals surface area contributed by atoms with Crippen molar-refractivity contribution in [3.05, 3.63) is 241 Å². The van der Waals surface area contributed by atoms with Gasteiger partial charge in [0, 0.05) is 38.7 Å². The number of halogens is 20. The van der Waals surface area contributed by atoms with Gasteiger partial charge in [-0.25, -0.2) is 106 Å². The Balaban J connectivity index is 0.000000237. The van der Waals surface area contributed by atoms with Crippen LogP contribution < -0.4 is 9.46 Å². The molecule has 0 aliphatic carbocycles. The topological polar surface area (TPSA) is 72.5 Å². The molecule has 8 aromatic rings. The van der Waals surface area contributed by atoms with E-state index >= 15 is 35.1 Å². The van der Waals surface area contributed by atoms with Gasteiger partial charge in [-0.3, -0.25) is 0 Å². The number of sulfonamides is 1. The van der Waals surface area contributed by atoms with E-state index in [-0.39, 0.29) is 21.5 Å². The van der Waals surface area contributed by atoms with Crippen molar-refractivity contribution in [2.75, 3.05) is 6.26 Å². The molecule has 1 amide bonds. The molecule has 5 nitrogen and oxygen atoms in total. The lowest BCUT2D eigenvalue weighted by molar-refractivity contribution is 0.206. The number of fused-ring (bicyclic) bond motifs is 1. The maximum absolute atomic E-state index is 15.3. The molecular weight excluding hydrogens is 1130 g/mol. The van der Waals surface area contributed by atoms with E-state index in [1.807, 2.05) is 29.8 Å². The predicted octanol–water partition coefficient (Wildman–Crippen LogP) is 14.3. The van der Waals surface area contributed by atoms with Crippen LogP contribution >= 0.6 is 0 Å². The van der Waals surface area contributed by atoms with Gasteiger partial charge in [0.15, 0.2) is 98.0 Å². The summed E-state index contributed by atoms with van der Waals surface area (Å²) in [5.41, 5.74) is -18.5. The molecule has 0 spiro atoms. The summed E-state index contributed by atoms with van der Waals surface area (Å²) in [6, 6.07) is 28.1. The lowest BCUT2D eigenvalue weighted by Gasteiger charge is -2.38. The molecule has 0 aliphatic heterocycles. The lowest BCUT2D eigenvalue weighted by atomic mass is 9.63. The van der Waals surface area contributed by atoms with E-state index in [9.17, 15) is 65.9 Å². The second kappa shape index (κ2) is 21.9. The standard InChI is InChI=1S/C26H23NO4S2.C25F20/c1-19-10-16-24(17-11-19)33(29,30)27-26(28)31-22-12-14-23(15-13-22)32(2)18-21-8-5-7-20-6-3-4-9-25(20)21;26-5-1(6(27)14(35)21(42)13(5)34)25(2-7(28)15(36)22(43)16(37)8(2)29,3-9(30)17(38)23(44)18(39)10(3)31)4-11(32)19(40)24(45)20(41)12(4)33/h3-17H,18H2,1-2H3;/p+1. The fraction of sp³-hybridized carbons (Fsp3) is 0.0784. The number of hydrogen-bond acceptors (Lipinski definition) is 4. The minimum atomic E-state index is -6.10. The molecule has 0 radical (unpaired) electrons. The lowest BCUT2D eigenvalue weighted by Crippen LogP contribution is -2.42. The Morgan fingerprint density at radius 1 is 0.449 bits per heavy atom. The van der Waals surface area contributed by atoms with Crippen LogP contribution in [-0.4, -0.2) is 20.8 Å². The largest absolute Gasteiger partial charge is 0.426 e. The molecule has 1 N–H and O–H groups in total. The molecule has 0 saturated carbocycles. The summed E-state index contributed by atoms with van der Waals surface area (Å²) in [6.07, 6.45) is 1.13. The van der Waals surface area contributed by atoms with Gasteiger partial charge < -0.3 is 4.74 Å². The van der Waals surface area contributed by atoms with E-state index in [1.165, 1.54) is 28.5 Å². The Labute approximate surface area is 427 Å². The number of hydrogen-bond donors (Lipinski definition) is 1. The zero-order valence-electron chi connectivity index (χ0n) is 38.4. The summed E-state index contributed by atoms with van der Waals surface area (Å²) in [5, 5.41) is 2.48. The Hall–Kier alpha value is -7.81. The van der Waals surface area contributed by atoms with Crippen molar-refractivity contribution in [2.24, 2.45) is 0 Å². The molecule has 1 atom stereocenters. The van der Waals surface area contributed by atoms with E-state index in [1.54, 1.807) is 24.3 Å². The van der Waals surface area contributed by atoms with E-state index in [0.29, 0.717) is 0 Å². The van der Waals surface area contributed by atoms with Gasteiger partial charge in [0.2, 0.25) is 23.3 Å². The summed E-state index contributed by atoms with van der Waals surface area (Å²) < 4.78 is 326. The highest BCUT2D eigenvalue weighted by Crippen LogP contribution is 2.55. The fourth-order valence-electron chi connectivity index (χ4n) is 7.98. The summed E-state index contributed by atoms with van der Waals surface area (Å²) in [4.78, 5) is 13.3. The molecule has 0 aromatic heterocycles. The number of carbonyl (C=O) groups is 1. The predicted molar refractivity (Wildman–Crippen MR) is 237 cm³/mol. The molecule has 8 aromatic carbocycles. The Bertz CT molecular complexity index is 3460. The zero-order chi connectivity index (χ0) is 57.8. The van der Waals surface area contributed by atoms with E-state index in [2.05, 4.69) is 42.7 Å². The first-order valence-corrected chi connectivity index (χ1v) is 24.4. The molecule has 0 aliphatic rings. The molecule has 8 rings (SSSR count). The quantitative estimate of drug-likeness (QED) is 0.0487. The number of rotatable bonds is 10. The molecular formula is C51H24F20NO4S2+. The SMILES string of the molecule is Cc1ccc(S(=O)(=O)NC(=O)Oc2ccc([S+](C)Cc3cccc4ccccc34)cc2)cc1.Fc1c(F)c(F)c(C(c2c(F)c(F)c(F)c(F)c2F)(c2c(F)c(F)c(F)c(F)c2F)c2c(F)c(F)c(F)c(F)c2F)c(F)c1F. The number of amides is 1. The summed E-state index contributed by atoms with van der Waals surface area (Å²) in [6.45, 7) is 1.85. The first-order chi connectivity index (χ1) is 36.5. The molecule has 0 heterocycles. The van der Waals surface area contributed by atoms with Gasteiger partial charge >= 0.3 is 6.09 Å².